The van der Waals surface area contributed by atoms with Gasteiger partial charge < -0.3 is 15.2 Å². The number of piperidine rings is 1. The van der Waals surface area contributed by atoms with Crippen molar-refractivity contribution in [3.05, 3.63) is 46.0 Å². The molecule has 8 heteroatoms. The fourth-order valence-electron chi connectivity index (χ4n) is 3.34. The van der Waals surface area contributed by atoms with E-state index in [2.05, 4.69) is 72.8 Å². The second kappa shape index (κ2) is 10.0. The molecule has 3 rings (SSSR count). The summed E-state index contributed by atoms with van der Waals surface area (Å²) >= 11 is 3.50. The maximum Gasteiger partial charge on any atom is 0.191 e. The Morgan fingerprint density at radius 3 is 2.54 bits per heavy atom. The third-order valence-corrected chi connectivity index (χ3v) is 5.68. The van der Waals surface area contributed by atoms with Crippen LogP contribution < -0.4 is 10.6 Å². The molecule has 1 aliphatic heterocycles. The molecule has 1 saturated heterocycles. The third kappa shape index (κ3) is 5.78. The van der Waals surface area contributed by atoms with Crippen molar-refractivity contribution in [1.29, 1.82) is 0 Å². The summed E-state index contributed by atoms with van der Waals surface area (Å²) in [4.78, 5) is 7.22. The second-order valence-electron chi connectivity index (χ2n) is 7.24. The number of nitrogens with one attached hydrogen (secondary N) is 2. The van der Waals surface area contributed by atoms with Gasteiger partial charge >= 0.3 is 0 Å². The summed E-state index contributed by atoms with van der Waals surface area (Å²) in [6.07, 6.45) is 2.23. The first-order valence-electron chi connectivity index (χ1n) is 9.91. The molecule has 2 heterocycles. The smallest absolute Gasteiger partial charge is 0.191 e. The minimum atomic E-state index is 0.445. The van der Waals surface area contributed by atoms with E-state index in [-0.39, 0.29) is 0 Å². The number of halogens is 1. The Hall–Kier alpha value is -1.93. The van der Waals surface area contributed by atoms with Gasteiger partial charge in [0.2, 0.25) is 0 Å². The molecule has 2 N–H and O–H groups in total. The van der Waals surface area contributed by atoms with Crippen molar-refractivity contribution in [2.45, 2.75) is 45.8 Å². The molecule has 7 nitrogen and oxygen atoms in total. The van der Waals surface area contributed by atoms with Crippen molar-refractivity contribution in [2.24, 2.45) is 12.0 Å². The quantitative estimate of drug-likeness (QED) is 0.525. The van der Waals surface area contributed by atoms with Gasteiger partial charge in [-0.3, -0.25) is 4.90 Å². The van der Waals surface area contributed by atoms with Gasteiger partial charge in [-0.2, -0.15) is 0 Å². The molecule has 152 valence electrons. The lowest BCUT2D eigenvalue weighted by Crippen LogP contribution is -2.48. The molecule has 0 bridgehead atoms. The van der Waals surface area contributed by atoms with Gasteiger partial charge in [-0.1, -0.05) is 28.1 Å². The lowest BCUT2D eigenvalue weighted by atomic mass is 10.0. The number of hydrogen-bond donors (Lipinski definition) is 2. The highest BCUT2D eigenvalue weighted by Gasteiger charge is 2.20. The van der Waals surface area contributed by atoms with Crippen LogP contribution in [0.25, 0.3) is 0 Å². The number of aryl methyl sites for hydroxylation is 1. The third-order valence-electron chi connectivity index (χ3n) is 5.15. The number of rotatable bonds is 6. The minimum absolute atomic E-state index is 0.445. The summed E-state index contributed by atoms with van der Waals surface area (Å²) in [7, 11) is 1.97. The fraction of sp³-hybridized carbons (Fsp3) is 0.550. The van der Waals surface area contributed by atoms with Crippen molar-refractivity contribution in [2.75, 3.05) is 19.6 Å². The first kappa shape index (κ1) is 20.8. The first-order chi connectivity index (χ1) is 13.5. The van der Waals surface area contributed by atoms with Gasteiger partial charge in [0.05, 0.1) is 0 Å². The first-order valence-corrected chi connectivity index (χ1v) is 10.7. The summed E-state index contributed by atoms with van der Waals surface area (Å²) in [6, 6.07) is 9.06. The summed E-state index contributed by atoms with van der Waals surface area (Å²) in [6.45, 7) is 8.60. The van der Waals surface area contributed by atoms with Crippen LogP contribution in [0.3, 0.4) is 0 Å². The lowest BCUT2D eigenvalue weighted by Gasteiger charge is -2.33. The van der Waals surface area contributed by atoms with Gasteiger partial charge in [0.15, 0.2) is 11.8 Å². The monoisotopic (exact) mass is 447 g/mol. The topological polar surface area (TPSA) is 70.4 Å². The van der Waals surface area contributed by atoms with E-state index in [4.69, 9.17) is 4.99 Å². The van der Waals surface area contributed by atoms with Crippen molar-refractivity contribution >= 4 is 21.9 Å². The van der Waals surface area contributed by atoms with E-state index in [1.165, 1.54) is 5.56 Å². The van der Waals surface area contributed by atoms with Crippen LogP contribution in [0.2, 0.25) is 0 Å². The van der Waals surface area contributed by atoms with Gasteiger partial charge in [-0.25, -0.2) is 4.99 Å². The van der Waals surface area contributed by atoms with Gasteiger partial charge in [-0.15, -0.1) is 10.2 Å². The van der Waals surface area contributed by atoms with Crippen molar-refractivity contribution in [3.8, 4) is 0 Å². The van der Waals surface area contributed by atoms with Gasteiger partial charge in [-0.05, 0) is 44.4 Å². The maximum atomic E-state index is 4.70. The highest BCUT2D eigenvalue weighted by molar-refractivity contribution is 9.10. The predicted octanol–water partition coefficient (Wildman–Crippen LogP) is 2.61. The SMILES string of the molecule is CCNC(=NCc1nnc(C)n1C)NC1CCN(Cc2ccc(Br)cc2)CC1. The number of aliphatic imine (C=N–C) groups is 1. The Bertz CT molecular complexity index is 776. The van der Waals surface area contributed by atoms with Crippen LogP contribution in [0.4, 0.5) is 0 Å². The molecule has 0 amide bonds. The summed E-state index contributed by atoms with van der Waals surface area (Å²) in [5.74, 6) is 2.63. The molecule has 1 fully saturated rings. The highest BCUT2D eigenvalue weighted by Crippen LogP contribution is 2.16. The van der Waals surface area contributed by atoms with Crippen LogP contribution in [0.15, 0.2) is 33.7 Å². The normalized spacial score (nSPS) is 16.4. The van der Waals surface area contributed by atoms with Gasteiger partial charge in [0.1, 0.15) is 12.4 Å². The van der Waals surface area contributed by atoms with Crippen LogP contribution in [-0.2, 0) is 20.1 Å². The van der Waals surface area contributed by atoms with Crippen LogP contribution >= 0.6 is 15.9 Å². The van der Waals surface area contributed by atoms with Crippen molar-refractivity contribution in [1.82, 2.24) is 30.3 Å². The summed E-state index contributed by atoms with van der Waals surface area (Å²) in [5, 5.41) is 15.2. The largest absolute Gasteiger partial charge is 0.357 e. The number of nitrogens with zero attached hydrogens (tertiary/aromatic N) is 5. The van der Waals surface area contributed by atoms with E-state index in [9.17, 15) is 0 Å². The van der Waals surface area contributed by atoms with E-state index < -0.39 is 0 Å². The number of hydrogen-bond acceptors (Lipinski definition) is 4. The number of guanidine groups is 1. The molecular formula is C20H30BrN7. The van der Waals surface area contributed by atoms with Crippen LogP contribution in [0, 0.1) is 6.92 Å². The van der Waals surface area contributed by atoms with E-state index in [1.54, 1.807) is 0 Å². The molecule has 0 atom stereocenters. The Morgan fingerprint density at radius 2 is 1.93 bits per heavy atom. The summed E-state index contributed by atoms with van der Waals surface area (Å²) in [5.41, 5.74) is 1.36. The van der Waals surface area contributed by atoms with E-state index >= 15 is 0 Å². The molecule has 0 radical (unpaired) electrons. The number of likely N-dealkylation sites (tertiary alicyclic amines) is 1. The Morgan fingerprint density at radius 1 is 1.21 bits per heavy atom. The molecule has 1 aliphatic rings. The molecule has 2 aromatic rings. The van der Waals surface area contributed by atoms with E-state index in [0.29, 0.717) is 12.6 Å². The number of aromatic nitrogens is 3. The molecule has 1 aromatic carbocycles. The predicted molar refractivity (Wildman–Crippen MR) is 116 cm³/mol. The summed E-state index contributed by atoms with van der Waals surface area (Å²) < 4.78 is 3.11. The maximum absolute atomic E-state index is 4.70. The molecule has 28 heavy (non-hydrogen) atoms. The minimum Gasteiger partial charge on any atom is -0.357 e. The van der Waals surface area contributed by atoms with E-state index in [1.807, 2.05) is 18.5 Å². The standard InChI is InChI=1S/C20H30BrN7/c1-4-22-20(23-13-19-26-25-15(2)27(19)3)24-18-9-11-28(12-10-18)14-16-5-7-17(21)8-6-16/h5-8,18H,4,9-14H2,1-3H3,(H2,22,23,24). The zero-order valence-corrected chi connectivity index (χ0v) is 18.5. The lowest BCUT2D eigenvalue weighted by molar-refractivity contribution is 0.198. The Balaban J connectivity index is 1.50. The van der Waals surface area contributed by atoms with Gasteiger partial charge in [0, 0.05) is 43.7 Å². The van der Waals surface area contributed by atoms with Crippen LogP contribution in [0.5, 0.6) is 0 Å². The zero-order valence-electron chi connectivity index (χ0n) is 17.0. The Labute approximate surface area is 175 Å². The zero-order chi connectivity index (χ0) is 19.9. The van der Waals surface area contributed by atoms with Crippen LogP contribution in [-0.4, -0.2) is 51.3 Å². The Kier molecular flexibility index (Phi) is 7.44. The van der Waals surface area contributed by atoms with Crippen molar-refractivity contribution in [3.63, 3.8) is 0 Å². The fourth-order valence-corrected chi connectivity index (χ4v) is 3.60. The molecule has 0 spiro atoms. The van der Waals surface area contributed by atoms with Gasteiger partial charge in [0.25, 0.3) is 0 Å². The molecule has 0 unspecified atom stereocenters. The molecule has 1 aromatic heterocycles. The number of benzene rings is 1. The average Bonchev–Trinajstić information content (AvgIpc) is 3.01. The molecule has 0 saturated carbocycles. The van der Waals surface area contributed by atoms with E-state index in [0.717, 1.165) is 61.1 Å². The second-order valence-corrected chi connectivity index (χ2v) is 8.15. The average molecular weight is 448 g/mol. The molecule has 0 aliphatic carbocycles. The van der Waals surface area contributed by atoms with Crippen LogP contribution in [0.1, 0.15) is 37.0 Å². The van der Waals surface area contributed by atoms with Crippen molar-refractivity contribution < 1.29 is 0 Å². The molecular weight excluding hydrogens is 418 g/mol. The highest BCUT2D eigenvalue weighted by atomic mass is 79.9.